The van der Waals surface area contributed by atoms with Crippen LogP contribution in [0, 0.1) is 0 Å². The Balaban J connectivity index is 1.82. The molecule has 0 aliphatic heterocycles. The van der Waals surface area contributed by atoms with E-state index in [4.69, 9.17) is 14.4 Å². The summed E-state index contributed by atoms with van der Waals surface area (Å²) in [5.74, 6) is 1.34. The number of furan rings is 1. The Kier molecular flexibility index (Phi) is 5.14. The number of benzene rings is 2. The van der Waals surface area contributed by atoms with Crippen molar-refractivity contribution in [1.82, 2.24) is 20.6 Å². The van der Waals surface area contributed by atoms with E-state index in [0.717, 1.165) is 47.0 Å². The van der Waals surface area contributed by atoms with E-state index in [1.54, 1.807) is 0 Å². The molecule has 4 aromatic rings. The SMILES string of the molecule is CNCCCC(NC)c1nc(-c2cc3ccccc3o2)nc2ccccc12. The zero-order chi connectivity index (χ0) is 18.6. The maximum atomic E-state index is 6.01. The van der Waals surface area contributed by atoms with E-state index in [1.807, 2.05) is 62.6 Å². The van der Waals surface area contributed by atoms with Gasteiger partial charge in [-0.2, -0.15) is 0 Å². The van der Waals surface area contributed by atoms with Crippen molar-refractivity contribution in [2.45, 2.75) is 18.9 Å². The van der Waals surface area contributed by atoms with E-state index in [2.05, 4.69) is 16.7 Å². The second kappa shape index (κ2) is 7.86. The van der Waals surface area contributed by atoms with Gasteiger partial charge in [-0.25, -0.2) is 9.97 Å². The van der Waals surface area contributed by atoms with E-state index >= 15 is 0 Å². The first-order valence-electron chi connectivity index (χ1n) is 9.37. The lowest BCUT2D eigenvalue weighted by molar-refractivity contribution is 0.510. The van der Waals surface area contributed by atoms with Gasteiger partial charge in [-0.05, 0) is 51.7 Å². The Bertz CT molecular complexity index is 1020. The van der Waals surface area contributed by atoms with Crippen LogP contribution in [0.3, 0.4) is 0 Å². The fourth-order valence-corrected chi connectivity index (χ4v) is 3.47. The lowest BCUT2D eigenvalue weighted by Crippen LogP contribution is -2.20. The Morgan fingerprint density at radius 1 is 1.00 bits per heavy atom. The molecule has 0 spiro atoms. The van der Waals surface area contributed by atoms with Crippen LogP contribution in [0.2, 0.25) is 0 Å². The Morgan fingerprint density at radius 2 is 1.81 bits per heavy atom. The van der Waals surface area contributed by atoms with Gasteiger partial charge in [0.2, 0.25) is 0 Å². The molecule has 0 aliphatic carbocycles. The molecule has 4 rings (SSSR count). The van der Waals surface area contributed by atoms with Crippen molar-refractivity contribution in [3.05, 3.63) is 60.3 Å². The van der Waals surface area contributed by atoms with Crippen molar-refractivity contribution in [3.8, 4) is 11.6 Å². The number of hydrogen-bond donors (Lipinski definition) is 2. The minimum atomic E-state index is 0.161. The molecule has 0 saturated heterocycles. The first kappa shape index (κ1) is 17.6. The first-order valence-corrected chi connectivity index (χ1v) is 9.37. The third-order valence-electron chi connectivity index (χ3n) is 4.88. The molecule has 138 valence electrons. The highest BCUT2D eigenvalue weighted by atomic mass is 16.3. The Hall–Kier alpha value is -2.76. The van der Waals surface area contributed by atoms with Crippen LogP contribution in [0.5, 0.6) is 0 Å². The lowest BCUT2D eigenvalue weighted by atomic mass is 10.0. The largest absolute Gasteiger partial charge is 0.453 e. The van der Waals surface area contributed by atoms with Gasteiger partial charge in [-0.3, -0.25) is 0 Å². The quantitative estimate of drug-likeness (QED) is 0.481. The van der Waals surface area contributed by atoms with Crippen LogP contribution in [0.25, 0.3) is 33.5 Å². The minimum Gasteiger partial charge on any atom is -0.453 e. The van der Waals surface area contributed by atoms with E-state index in [-0.39, 0.29) is 6.04 Å². The van der Waals surface area contributed by atoms with Crippen molar-refractivity contribution in [3.63, 3.8) is 0 Å². The van der Waals surface area contributed by atoms with Crippen molar-refractivity contribution >= 4 is 21.9 Å². The number of nitrogens with zero attached hydrogens (tertiary/aromatic N) is 2. The van der Waals surface area contributed by atoms with Crippen molar-refractivity contribution in [1.29, 1.82) is 0 Å². The molecule has 0 bridgehead atoms. The molecule has 2 N–H and O–H groups in total. The predicted octanol–water partition coefficient (Wildman–Crippen LogP) is 4.30. The van der Waals surface area contributed by atoms with E-state index in [0.29, 0.717) is 11.6 Å². The van der Waals surface area contributed by atoms with E-state index in [1.165, 1.54) is 0 Å². The maximum absolute atomic E-state index is 6.01. The maximum Gasteiger partial charge on any atom is 0.196 e. The van der Waals surface area contributed by atoms with Gasteiger partial charge in [-0.1, -0.05) is 36.4 Å². The van der Waals surface area contributed by atoms with Gasteiger partial charge in [0, 0.05) is 10.8 Å². The van der Waals surface area contributed by atoms with Gasteiger partial charge < -0.3 is 15.1 Å². The van der Waals surface area contributed by atoms with Crippen LogP contribution in [0.15, 0.2) is 59.0 Å². The standard InChI is InChI=1S/C22H24N4O/c1-23-13-7-11-18(24-2)21-16-9-4-5-10-17(16)25-22(26-21)20-14-15-8-3-6-12-19(15)27-20/h3-6,8-10,12,14,18,23-24H,7,11,13H2,1-2H3. The van der Waals surface area contributed by atoms with Crippen LogP contribution in [0.4, 0.5) is 0 Å². The zero-order valence-corrected chi connectivity index (χ0v) is 15.7. The average molecular weight is 360 g/mol. The summed E-state index contributed by atoms with van der Waals surface area (Å²) in [6.07, 6.45) is 2.07. The highest BCUT2D eigenvalue weighted by Crippen LogP contribution is 2.30. The molecule has 2 heterocycles. The van der Waals surface area contributed by atoms with E-state index < -0.39 is 0 Å². The summed E-state index contributed by atoms with van der Waals surface area (Å²) in [6, 6.07) is 18.3. The van der Waals surface area contributed by atoms with Crippen LogP contribution >= 0.6 is 0 Å². The summed E-state index contributed by atoms with van der Waals surface area (Å²) in [4.78, 5) is 9.70. The molecule has 27 heavy (non-hydrogen) atoms. The molecule has 5 heteroatoms. The summed E-state index contributed by atoms with van der Waals surface area (Å²) >= 11 is 0. The third kappa shape index (κ3) is 3.56. The number of fused-ring (bicyclic) bond motifs is 2. The summed E-state index contributed by atoms with van der Waals surface area (Å²) in [5, 5.41) is 8.78. The van der Waals surface area contributed by atoms with Gasteiger partial charge in [0.05, 0.1) is 17.3 Å². The summed E-state index contributed by atoms with van der Waals surface area (Å²) in [7, 11) is 3.97. The number of nitrogens with one attached hydrogen (secondary N) is 2. The number of aromatic nitrogens is 2. The number of hydrogen-bond acceptors (Lipinski definition) is 5. The topological polar surface area (TPSA) is 63.0 Å². The summed E-state index contributed by atoms with van der Waals surface area (Å²) in [5.41, 5.74) is 2.81. The second-order valence-electron chi connectivity index (χ2n) is 6.69. The van der Waals surface area contributed by atoms with Crippen molar-refractivity contribution in [2.75, 3.05) is 20.6 Å². The third-order valence-corrected chi connectivity index (χ3v) is 4.88. The van der Waals surface area contributed by atoms with Crippen LogP contribution < -0.4 is 10.6 Å². The molecule has 0 aliphatic rings. The molecular formula is C22H24N4O. The summed E-state index contributed by atoms with van der Waals surface area (Å²) < 4.78 is 6.01. The van der Waals surface area contributed by atoms with Gasteiger partial charge in [0.15, 0.2) is 11.6 Å². The second-order valence-corrected chi connectivity index (χ2v) is 6.69. The number of para-hydroxylation sites is 2. The predicted molar refractivity (Wildman–Crippen MR) is 110 cm³/mol. The normalized spacial score (nSPS) is 12.7. The van der Waals surface area contributed by atoms with Crippen LogP contribution in [0.1, 0.15) is 24.6 Å². The monoisotopic (exact) mass is 360 g/mol. The van der Waals surface area contributed by atoms with Crippen molar-refractivity contribution in [2.24, 2.45) is 0 Å². The Labute approximate surface area is 158 Å². The minimum absolute atomic E-state index is 0.161. The smallest absolute Gasteiger partial charge is 0.196 e. The summed E-state index contributed by atoms with van der Waals surface area (Å²) in [6.45, 7) is 0.984. The molecule has 2 aromatic carbocycles. The van der Waals surface area contributed by atoms with Crippen LogP contribution in [-0.2, 0) is 0 Å². The van der Waals surface area contributed by atoms with Gasteiger partial charge >= 0.3 is 0 Å². The molecule has 1 atom stereocenters. The van der Waals surface area contributed by atoms with Gasteiger partial charge in [-0.15, -0.1) is 0 Å². The van der Waals surface area contributed by atoms with Crippen LogP contribution in [-0.4, -0.2) is 30.6 Å². The van der Waals surface area contributed by atoms with Gasteiger partial charge in [0.1, 0.15) is 5.58 Å². The fourth-order valence-electron chi connectivity index (χ4n) is 3.47. The molecular weight excluding hydrogens is 336 g/mol. The van der Waals surface area contributed by atoms with Crippen molar-refractivity contribution < 1.29 is 4.42 Å². The zero-order valence-electron chi connectivity index (χ0n) is 15.7. The number of rotatable bonds is 7. The molecule has 5 nitrogen and oxygen atoms in total. The van der Waals surface area contributed by atoms with E-state index in [9.17, 15) is 0 Å². The average Bonchev–Trinajstić information content (AvgIpc) is 3.15. The molecule has 0 amide bonds. The van der Waals surface area contributed by atoms with Gasteiger partial charge in [0.25, 0.3) is 0 Å². The Morgan fingerprint density at radius 3 is 2.63 bits per heavy atom. The molecule has 2 aromatic heterocycles. The highest BCUT2D eigenvalue weighted by Gasteiger charge is 2.18. The molecule has 0 radical (unpaired) electrons. The molecule has 0 saturated carbocycles. The lowest BCUT2D eigenvalue weighted by Gasteiger charge is -2.18. The molecule has 1 unspecified atom stereocenters. The first-order chi connectivity index (χ1) is 13.3. The highest BCUT2D eigenvalue weighted by molar-refractivity contribution is 5.85. The fraction of sp³-hybridized carbons (Fsp3) is 0.273. The molecule has 0 fully saturated rings.